The van der Waals surface area contributed by atoms with Crippen LogP contribution in [0.25, 0.3) is 0 Å². The number of hydrogen-bond acceptors (Lipinski definition) is 6. The summed E-state index contributed by atoms with van der Waals surface area (Å²) in [5, 5.41) is 23.3. The third-order valence-corrected chi connectivity index (χ3v) is 5.80. The molecule has 7 nitrogen and oxygen atoms in total. The van der Waals surface area contributed by atoms with Crippen molar-refractivity contribution in [3.63, 3.8) is 0 Å². The maximum Gasteiger partial charge on any atom is 0.490 e. The number of halogens is 5. The number of phenols is 1. The number of nitrogens with one attached hydrogen (secondary N) is 1. The monoisotopic (exact) mass is 486 g/mol. The Morgan fingerprint density at radius 2 is 1.84 bits per heavy atom. The van der Waals surface area contributed by atoms with Crippen molar-refractivity contribution in [1.82, 2.24) is 10.2 Å². The van der Waals surface area contributed by atoms with Gasteiger partial charge < -0.3 is 25.2 Å². The molecule has 0 saturated carbocycles. The van der Waals surface area contributed by atoms with Crippen LogP contribution in [0.4, 0.5) is 13.2 Å². The van der Waals surface area contributed by atoms with Crippen molar-refractivity contribution >= 4 is 35.1 Å². The standard InChI is InChI=1S/C19H23Cl2F3N2O5/c1-2-25-16(11-7-12(20)13(21)8-14(11)28)10-3-5-26(6-4-10)17(29)15(9-27)31-18(30)19(22,23)24/h7-8,10,15-16,25,27-28H,2-6,9H2,1H3. The predicted octanol–water partition coefficient (Wildman–Crippen LogP) is 3.05. The fraction of sp³-hybridized carbons (Fsp3) is 0.579. The molecule has 12 heteroatoms. The molecule has 1 saturated heterocycles. The molecule has 2 atom stereocenters. The van der Waals surface area contributed by atoms with E-state index in [1.165, 1.54) is 11.0 Å². The molecule has 1 aromatic rings. The molecule has 31 heavy (non-hydrogen) atoms. The van der Waals surface area contributed by atoms with E-state index in [-0.39, 0.29) is 40.8 Å². The maximum absolute atomic E-state index is 12.4. The second-order valence-corrected chi connectivity index (χ2v) is 7.91. The Bertz CT molecular complexity index is 801. The van der Waals surface area contributed by atoms with E-state index in [4.69, 9.17) is 23.2 Å². The van der Waals surface area contributed by atoms with Crippen molar-refractivity contribution in [2.45, 2.75) is 38.1 Å². The van der Waals surface area contributed by atoms with E-state index in [0.717, 1.165) is 0 Å². The van der Waals surface area contributed by atoms with Gasteiger partial charge in [0.15, 0.2) is 0 Å². The van der Waals surface area contributed by atoms with Crippen LogP contribution in [0, 0.1) is 5.92 Å². The zero-order chi connectivity index (χ0) is 23.3. The Labute approximate surface area is 187 Å². The van der Waals surface area contributed by atoms with Crippen molar-refractivity contribution in [3.05, 3.63) is 27.7 Å². The number of aromatic hydroxyl groups is 1. The molecular weight excluding hydrogens is 464 g/mol. The first-order valence-electron chi connectivity index (χ1n) is 9.58. The van der Waals surface area contributed by atoms with Crippen molar-refractivity contribution in [2.24, 2.45) is 5.92 Å². The van der Waals surface area contributed by atoms with Gasteiger partial charge >= 0.3 is 12.1 Å². The minimum Gasteiger partial charge on any atom is -0.508 e. The van der Waals surface area contributed by atoms with E-state index in [9.17, 15) is 33.0 Å². The average molecular weight is 487 g/mol. The van der Waals surface area contributed by atoms with Crippen LogP contribution in [0.15, 0.2) is 12.1 Å². The first-order valence-corrected chi connectivity index (χ1v) is 10.3. The molecular formula is C19H23Cl2F3N2O5. The van der Waals surface area contributed by atoms with Crippen molar-refractivity contribution in [2.75, 3.05) is 26.2 Å². The SMILES string of the molecule is CCNC(c1cc(Cl)c(Cl)cc1O)C1CCN(C(=O)C(CO)OC(=O)C(F)(F)F)CC1. The van der Waals surface area contributed by atoms with E-state index in [1.54, 1.807) is 6.07 Å². The van der Waals surface area contributed by atoms with E-state index >= 15 is 0 Å². The van der Waals surface area contributed by atoms with Gasteiger partial charge in [-0.15, -0.1) is 0 Å². The number of rotatable bonds is 7. The third-order valence-electron chi connectivity index (χ3n) is 5.07. The summed E-state index contributed by atoms with van der Waals surface area (Å²) >= 11 is 12.0. The van der Waals surface area contributed by atoms with E-state index in [0.29, 0.717) is 24.9 Å². The topological polar surface area (TPSA) is 99.1 Å². The summed E-state index contributed by atoms with van der Waals surface area (Å²) in [4.78, 5) is 24.7. The van der Waals surface area contributed by atoms with Crippen LogP contribution in [0.5, 0.6) is 5.75 Å². The highest BCUT2D eigenvalue weighted by atomic mass is 35.5. The molecule has 1 amide bonds. The number of piperidine rings is 1. The quantitative estimate of drug-likeness (QED) is 0.512. The Morgan fingerprint density at radius 1 is 1.26 bits per heavy atom. The van der Waals surface area contributed by atoms with Gasteiger partial charge in [-0.1, -0.05) is 30.1 Å². The van der Waals surface area contributed by atoms with E-state index in [2.05, 4.69) is 10.1 Å². The summed E-state index contributed by atoms with van der Waals surface area (Å²) in [6.07, 6.45) is -6.28. The number of aliphatic hydroxyl groups is 1. The predicted molar refractivity (Wildman–Crippen MR) is 107 cm³/mol. The summed E-state index contributed by atoms with van der Waals surface area (Å²) in [5.74, 6) is -3.48. The Balaban J connectivity index is 2.08. The van der Waals surface area contributed by atoms with E-state index in [1.807, 2.05) is 6.92 Å². The molecule has 0 radical (unpaired) electrons. The molecule has 3 N–H and O–H groups in total. The highest BCUT2D eigenvalue weighted by Crippen LogP contribution is 2.39. The summed E-state index contributed by atoms with van der Waals surface area (Å²) in [7, 11) is 0. The van der Waals surface area contributed by atoms with Crippen LogP contribution < -0.4 is 5.32 Å². The molecule has 0 aromatic heterocycles. The second-order valence-electron chi connectivity index (χ2n) is 7.10. The molecule has 1 aromatic carbocycles. The first kappa shape index (κ1) is 25.5. The Hall–Kier alpha value is -1.75. The van der Waals surface area contributed by atoms with Crippen LogP contribution in [0.3, 0.4) is 0 Å². The number of esters is 1. The highest BCUT2D eigenvalue weighted by molar-refractivity contribution is 6.42. The van der Waals surface area contributed by atoms with Crippen LogP contribution in [-0.2, 0) is 14.3 Å². The summed E-state index contributed by atoms with van der Waals surface area (Å²) in [6.45, 7) is 1.77. The lowest BCUT2D eigenvalue weighted by atomic mass is 9.84. The lowest BCUT2D eigenvalue weighted by Gasteiger charge is -2.37. The number of amides is 1. The van der Waals surface area contributed by atoms with Crippen LogP contribution in [-0.4, -0.2) is 65.5 Å². The number of likely N-dealkylation sites (tertiary alicyclic amines) is 1. The molecule has 0 aliphatic carbocycles. The zero-order valence-electron chi connectivity index (χ0n) is 16.6. The molecule has 1 aliphatic rings. The fourth-order valence-electron chi connectivity index (χ4n) is 3.57. The normalized spacial score (nSPS) is 17.3. The number of phenolic OH excluding ortho intramolecular Hbond substituents is 1. The van der Waals surface area contributed by atoms with Crippen LogP contribution in [0.1, 0.15) is 31.4 Å². The molecule has 1 heterocycles. The molecule has 2 unspecified atom stereocenters. The van der Waals surface area contributed by atoms with Gasteiger partial charge in [0, 0.05) is 30.8 Å². The van der Waals surface area contributed by atoms with Gasteiger partial charge in [0.25, 0.3) is 5.91 Å². The van der Waals surface area contributed by atoms with E-state index < -0.39 is 30.8 Å². The number of hydrogen-bond donors (Lipinski definition) is 3. The number of carbonyl (C=O) groups is 2. The molecule has 0 bridgehead atoms. The Kier molecular flexibility index (Phi) is 8.82. The summed E-state index contributed by atoms with van der Waals surface area (Å²) in [6, 6.07) is 2.62. The van der Waals surface area contributed by atoms with Crippen LogP contribution >= 0.6 is 23.2 Å². The molecule has 0 spiro atoms. The average Bonchev–Trinajstić information content (AvgIpc) is 2.72. The highest BCUT2D eigenvalue weighted by Gasteiger charge is 2.44. The largest absolute Gasteiger partial charge is 0.508 e. The maximum atomic E-state index is 12.4. The smallest absolute Gasteiger partial charge is 0.490 e. The second kappa shape index (κ2) is 10.7. The first-order chi connectivity index (χ1) is 14.5. The number of aliphatic hydroxyl groups excluding tert-OH is 1. The van der Waals surface area contributed by atoms with Crippen LogP contribution in [0.2, 0.25) is 10.0 Å². The number of ether oxygens (including phenoxy) is 1. The number of nitrogens with zero attached hydrogens (tertiary/aromatic N) is 1. The minimum atomic E-state index is -5.26. The van der Waals surface area contributed by atoms with Crippen molar-refractivity contribution < 1.29 is 37.7 Å². The van der Waals surface area contributed by atoms with Crippen molar-refractivity contribution in [3.8, 4) is 5.75 Å². The fourth-order valence-corrected chi connectivity index (χ4v) is 3.90. The van der Waals surface area contributed by atoms with Gasteiger partial charge in [-0.3, -0.25) is 4.79 Å². The van der Waals surface area contributed by atoms with Crippen molar-refractivity contribution in [1.29, 1.82) is 0 Å². The number of benzene rings is 1. The summed E-state index contributed by atoms with van der Waals surface area (Å²) in [5.41, 5.74) is 0.549. The van der Waals surface area contributed by atoms with Gasteiger partial charge in [0.05, 0.1) is 16.7 Å². The molecule has 174 valence electrons. The summed E-state index contributed by atoms with van der Waals surface area (Å²) < 4.78 is 41.3. The lowest BCUT2D eigenvalue weighted by Crippen LogP contribution is -2.49. The Morgan fingerprint density at radius 3 is 2.35 bits per heavy atom. The molecule has 2 rings (SSSR count). The van der Waals surface area contributed by atoms with Gasteiger partial charge in [-0.05, 0) is 31.4 Å². The van der Waals surface area contributed by atoms with Gasteiger partial charge in [-0.2, -0.15) is 13.2 Å². The number of alkyl halides is 3. The molecule has 1 aliphatic heterocycles. The van der Waals surface area contributed by atoms with Gasteiger partial charge in [-0.25, -0.2) is 4.79 Å². The van der Waals surface area contributed by atoms with Gasteiger partial charge in [0.1, 0.15) is 5.75 Å². The minimum absolute atomic E-state index is 0.0294. The third kappa shape index (κ3) is 6.38. The number of carbonyl (C=O) groups excluding carboxylic acids is 2. The molecule has 1 fully saturated rings. The lowest BCUT2D eigenvalue weighted by molar-refractivity contribution is -0.208. The van der Waals surface area contributed by atoms with Gasteiger partial charge in [0.2, 0.25) is 6.10 Å². The zero-order valence-corrected chi connectivity index (χ0v) is 18.1.